The molecule has 4 aromatic rings. The average Bonchev–Trinajstić information content (AvgIpc) is 2.93. The van der Waals surface area contributed by atoms with Gasteiger partial charge in [0.2, 0.25) is 0 Å². The monoisotopic (exact) mass is 307 g/mol. The lowest BCUT2D eigenvalue weighted by atomic mass is 10.2. The molecule has 2 aromatic carbocycles. The average molecular weight is 307 g/mol. The van der Waals surface area contributed by atoms with Gasteiger partial charge in [-0.2, -0.15) is 0 Å². The third-order valence-corrected chi connectivity index (χ3v) is 3.70. The summed E-state index contributed by atoms with van der Waals surface area (Å²) in [5.41, 5.74) is 3.19. The Bertz CT molecular complexity index is 992. The molecule has 114 valence electrons. The number of anilines is 1. The van der Waals surface area contributed by atoms with Crippen LogP contribution in [-0.4, -0.2) is 9.97 Å². The maximum Gasteiger partial charge on any atom is 0.196 e. The predicted octanol–water partition coefficient (Wildman–Crippen LogP) is 4.44. The Morgan fingerprint density at radius 3 is 2.65 bits per heavy atom. The summed E-state index contributed by atoms with van der Waals surface area (Å²) in [7, 11) is 0. The summed E-state index contributed by atoms with van der Waals surface area (Å²) in [6.07, 6.45) is 0. The second kappa shape index (κ2) is 5.35. The minimum absolute atomic E-state index is 0.244. The van der Waals surface area contributed by atoms with Gasteiger partial charge in [-0.25, -0.2) is 14.4 Å². The van der Waals surface area contributed by atoms with Gasteiger partial charge in [0.05, 0.1) is 0 Å². The Hall–Kier alpha value is -2.95. The first-order chi connectivity index (χ1) is 11.2. The molecule has 0 amide bonds. The number of fused-ring (bicyclic) bond motifs is 3. The normalized spacial score (nSPS) is 11.2. The zero-order valence-electron chi connectivity index (χ0n) is 12.5. The van der Waals surface area contributed by atoms with E-state index in [0.29, 0.717) is 23.8 Å². The second-order valence-corrected chi connectivity index (χ2v) is 5.38. The van der Waals surface area contributed by atoms with Crippen molar-refractivity contribution < 1.29 is 8.81 Å². The molecule has 2 aromatic heterocycles. The first-order valence-electron chi connectivity index (χ1n) is 7.35. The van der Waals surface area contributed by atoms with Gasteiger partial charge in [0, 0.05) is 11.9 Å². The number of hydrogen-bond donors (Lipinski definition) is 1. The lowest BCUT2D eigenvalue weighted by molar-refractivity contribution is 0.627. The van der Waals surface area contributed by atoms with Crippen LogP contribution >= 0.6 is 0 Å². The van der Waals surface area contributed by atoms with E-state index in [1.165, 1.54) is 12.1 Å². The van der Waals surface area contributed by atoms with Crippen LogP contribution in [0.4, 0.5) is 10.2 Å². The number of para-hydroxylation sites is 1. The molecule has 23 heavy (non-hydrogen) atoms. The molecule has 0 fully saturated rings. The molecular weight excluding hydrogens is 293 g/mol. The maximum absolute atomic E-state index is 13.0. The van der Waals surface area contributed by atoms with Gasteiger partial charge in [0.1, 0.15) is 22.7 Å². The molecular formula is C18H14FN3O. The fraction of sp³-hybridized carbons (Fsp3) is 0.111. The van der Waals surface area contributed by atoms with Crippen molar-refractivity contribution in [2.75, 3.05) is 5.32 Å². The fourth-order valence-corrected chi connectivity index (χ4v) is 2.61. The lowest BCUT2D eigenvalue weighted by Crippen LogP contribution is -2.03. The van der Waals surface area contributed by atoms with E-state index in [2.05, 4.69) is 15.3 Å². The molecule has 0 saturated carbocycles. The van der Waals surface area contributed by atoms with Crippen LogP contribution < -0.4 is 5.32 Å². The molecule has 0 unspecified atom stereocenters. The summed E-state index contributed by atoms with van der Waals surface area (Å²) in [6, 6.07) is 14.2. The van der Waals surface area contributed by atoms with E-state index in [9.17, 15) is 4.39 Å². The Morgan fingerprint density at radius 2 is 1.83 bits per heavy atom. The van der Waals surface area contributed by atoms with Crippen LogP contribution in [0.15, 0.2) is 52.9 Å². The van der Waals surface area contributed by atoms with Crippen molar-refractivity contribution in [2.24, 2.45) is 0 Å². The number of nitrogens with zero attached hydrogens (tertiary/aromatic N) is 2. The van der Waals surface area contributed by atoms with Gasteiger partial charge in [0.15, 0.2) is 11.4 Å². The van der Waals surface area contributed by atoms with Crippen LogP contribution in [0.2, 0.25) is 0 Å². The van der Waals surface area contributed by atoms with Crippen molar-refractivity contribution in [3.63, 3.8) is 0 Å². The Balaban J connectivity index is 1.75. The van der Waals surface area contributed by atoms with Gasteiger partial charge in [-0.1, -0.05) is 24.3 Å². The molecule has 0 spiro atoms. The van der Waals surface area contributed by atoms with Crippen molar-refractivity contribution in [1.29, 1.82) is 0 Å². The number of hydrogen-bond acceptors (Lipinski definition) is 4. The van der Waals surface area contributed by atoms with Crippen LogP contribution in [0.3, 0.4) is 0 Å². The predicted molar refractivity (Wildman–Crippen MR) is 87.8 cm³/mol. The highest BCUT2D eigenvalue weighted by atomic mass is 19.1. The maximum atomic E-state index is 13.0. The number of benzene rings is 2. The smallest absolute Gasteiger partial charge is 0.196 e. The number of aryl methyl sites for hydroxylation is 1. The lowest BCUT2D eigenvalue weighted by Gasteiger charge is -2.07. The van der Waals surface area contributed by atoms with Crippen molar-refractivity contribution in [2.45, 2.75) is 13.5 Å². The molecule has 0 aliphatic rings. The Kier molecular flexibility index (Phi) is 3.19. The van der Waals surface area contributed by atoms with Crippen LogP contribution in [-0.2, 0) is 6.54 Å². The molecule has 0 bridgehead atoms. The molecule has 0 aliphatic carbocycles. The summed E-state index contributed by atoms with van der Waals surface area (Å²) in [5, 5.41) is 4.23. The van der Waals surface area contributed by atoms with E-state index in [4.69, 9.17) is 4.42 Å². The van der Waals surface area contributed by atoms with Gasteiger partial charge in [0.25, 0.3) is 0 Å². The second-order valence-electron chi connectivity index (χ2n) is 5.38. The number of nitrogens with one attached hydrogen (secondary N) is 1. The van der Waals surface area contributed by atoms with Gasteiger partial charge >= 0.3 is 0 Å². The minimum Gasteiger partial charge on any atom is -0.450 e. The van der Waals surface area contributed by atoms with E-state index in [1.807, 2.05) is 31.2 Å². The zero-order valence-corrected chi connectivity index (χ0v) is 12.5. The molecule has 0 atom stereocenters. The molecule has 0 aliphatic heterocycles. The van der Waals surface area contributed by atoms with E-state index in [0.717, 1.165) is 22.0 Å². The summed E-state index contributed by atoms with van der Waals surface area (Å²) in [5.74, 6) is 1.07. The van der Waals surface area contributed by atoms with Gasteiger partial charge in [-0.15, -0.1) is 0 Å². The summed E-state index contributed by atoms with van der Waals surface area (Å²) >= 11 is 0. The van der Waals surface area contributed by atoms with E-state index in [-0.39, 0.29) is 5.82 Å². The molecule has 5 heteroatoms. The van der Waals surface area contributed by atoms with Crippen LogP contribution in [0, 0.1) is 12.7 Å². The Labute approximate surface area is 132 Å². The highest BCUT2D eigenvalue weighted by Gasteiger charge is 2.14. The summed E-state index contributed by atoms with van der Waals surface area (Å²) < 4.78 is 18.9. The molecule has 0 radical (unpaired) electrons. The molecule has 1 N–H and O–H groups in total. The molecule has 4 nitrogen and oxygen atoms in total. The van der Waals surface area contributed by atoms with Gasteiger partial charge in [-0.3, -0.25) is 0 Å². The SMILES string of the molecule is Cc1nc(NCc2ccc(F)cc2)c2oc3ccccc3c2n1. The largest absolute Gasteiger partial charge is 0.450 e. The molecule has 0 saturated heterocycles. The van der Waals surface area contributed by atoms with Crippen molar-refractivity contribution in [3.8, 4) is 0 Å². The van der Waals surface area contributed by atoms with Crippen molar-refractivity contribution in [3.05, 3.63) is 65.7 Å². The fourth-order valence-electron chi connectivity index (χ4n) is 2.61. The van der Waals surface area contributed by atoms with Crippen molar-refractivity contribution in [1.82, 2.24) is 9.97 Å². The number of rotatable bonds is 3. The standard InChI is InChI=1S/C18H14FN3O/c1-11-21-16-14-4-2-3-5-15(14)23-17(16)18(22-11)20-10-12-6-8-13(19)9-7-12/h2-9H,10H2,1H3,(H,20,21,22). The number of halogens is 1. The third-order valence-electron chi connectivity index (χ3n) is 3.70. The third kappa shape index (κ3) is 2.50. The van der Waals surface area contributed by atoms with Gasteiger partial charge < -0.3 is 9.73 Å². The zero-order chi connectivity index (χ0) is 15.8. The van der Waals surface area contributed by atoms with Crippen LogP contribution in [0.25, 0.3) is 22.1 Å². The van der Waals surface area contributed by atoms with Crippen molar-refractivity contribution >= 4 is 27.9 Å². The van der Waals surface area contributed by atoms with Gasteiger partial charge in [-0.05, 0) is 36.8 Å². The highest BCUT2D eigenvalue weighted by Crippen LogP contribution is 2.31. The molecule has 4 rings (SSSR count). The first kappa shape index (κ1) is 13.7. The summed E-state index contributed by atoms with van der Waals surface area (Å²) in [4.78, 5) is 8.94. The van der Waals surface area contributed by atoms with Crippen LogP contribution in [0.5, 0.6) is 0 Å². The molecule has 2 heterocycles. The van der Waals surface area contributed by atoms with E-state index < -0.39 is 0 Å². The minimum atomic E-state index is -0.244. The van der Waals surface area contributed by atoms with E-state index in [1.54, 1.807) is 12.1 Å². The first-order valence-corrected chi connectivity index (χ1v) is 7.35. The Morgan fingerprint density at radius 1 is 1.04 bits per heavy atom. The summed E-state index contributed by atoms with van der Waals surface area (Å²) in [6.45, 7) is 2.38. The van der Waals surface area contributed by atoms with Crippen LogP contribution in [0.1, 0.15) is 11.4 Å². The van der Waals surface area contributed by atoms with E-state index >= 15 is 0 Å². The highest BCUT2D eigenvalue weighted by molar-refractivity contribution is 6.05. The quantitative estimate of drug-likeness (QED) is 0.608. The number of aromatic nitrogens is 2. The number of furan rings is 1. The topological polar surface area (TPSA) is 51.0 Å².